The summed E-state index contributed by atoms with van der Waals surface area (Å²) in [4.78, 5) is 12.0. The van der Waals surface area contributed by atoms with Crippen LogP contribution in [0.2, 0.25) is 0 Å². The maximum Gasteiger partial charge on any atom is 0.253 e. The van der Waals surface area contributed by atoms with Gasteiger partial charge in [0.2, 0.25) is 0 Å². The number of amides is 1. The van der Waals surface area contributed by atoms with E-state index >= 15 is 0 Å². The van der Waals surface area contributed by atoms with E-state index in [-0.39, 0.29) is 12.0 Å². The number of aryl methyl sites for hydroxylation is 1. The fourth-order valence-electron chi connectivity index (χ4n) is 2.43. The molecule has 1 unspecified atom stereocenters. The van der Waals surface area contributed by atoms with Crippen LogP contribution in [-0.4, -0.2) is 18.6 Å². The molecular weight excluding hydrogens is 278 g/mol. The van der Waals surface area contributed by atoms with Crippen LogP contribution in [0.25, 0.3) is 0 Å². The molecule has 2 aromatic rings. The molecule has 1 heterocycles. The molecule has 22 heavy (non-hydrogen) atoms. The zero-order chi connectivity index (χ0) is 15.4. The van der Waals surface area contributed by atoms with Crippen molar-refractivity contribution < 1.29 is 14.3 Å². The minimum Gasteiger partial charge on any atom is -0.457 e. The molecule has 1 saturated heterocycles. The van der Waals surface area contributed by atoms with E-state index in [2.05, 4.69) is 5.32 Å². The van der Waals surface area contributed by atoms with Gasteiger partial charge in [0.25, 0.3) is 5.91 Å². The van der Waals surface area contributed by atoms with Crippen LogP contribution >= 0.6 is 0 Å². The van der Waals surface area contributed by atoms with Gasteiger partial charge in [-0.25, -0.2) is 0 Å². The Hall–Kier alpha value is -2.33. The van der Waals surface area contributed by atoms with Gasteiger partial charge in [-0.3, -0.25) is 4.79 Å². The fourth-order valence-corrected chi connectivity index (χ4v) is 2.43. The normalized spacial score (nSPS) is 17.2. The van der Waals surface area contributed by atoms with Crippen LogP contribution < -0.4 is 10.1 Å². The number of hydrogen-bond donors (Lipinski definition) is 1. The third kappa shape index (κ3) is 3.65. The Morgan fingerprint density at radius 1 is 1.18 bits per heavy atom. The summed E-state index contributed by atoms with van der Waals surface area (Å²) in [6, 6.07) is 15.2. The highest BCUT2D eigenvalue weighted by Gasteiger charge is 2.23. The molecule has 1 fully saturated rings. The quantitative estimate of drug-likeness (QED) is 0.931. The highest BCUT2D eigenvalue weighted by Crippen LogP contribution is 2.24. The third-order valence-corrected chi connectivity index (χ3v) is 3.57. The van der Waals surface area contributed by atoms with E-state index in [9.17, 15) is 4.79 Å². The lowest BCUT2D eigenvalue weighted by Crippen LogP contribution is -2.26. The van der Waals surface area contributed by atoms with Crippen LogP contribution in [0.1, 0.15) is 18.4 Å². The first-order valence-corrected chi connectivity index (χ1v) is 7.48. The summed E-state index contributed by atoms with van der Waals surface area (Å²) in [5.41, 5.74) is 1.90. The molecule has 114 valence electrons. The standard InChI is InChI=1S/C18H19NO3/c1-13-4-2-5-16(12-13)22-15-9-7-14(8-10-15)19-18(20)17-6-3-11-21-17/h2,4-5,7-10,12,17H,3,6,11H2,1H3,(H,19,20). The molecule has 1 aliphatic heterocycles. The molecule has 1 amide bonds. The fraction of sp³-hybridized carbons (Fsp3) is 0.278. The van der Waals surface area contributed by atoms with Crippen LogP contribution in [-0.2, 0) is 9.53 Å². The SMILES string of the molecule is Cc1cccc(Oc2ccc(NC(=O)C3CCCO3)cc2)c1. The number of carbonyl (C=O) groups is 1. The molecule has 1 N–H and O–H groups in total. The van der Waals surface area contributed by atoms with Crippen molar-refractivity contribution in [3.05, 3.63) is 54.1 Å². The van der Waals surface area contributed by atoms with Gasteiger partial charge in [0, 0.05) is 12.3 Å². The summed E-state index contributed by atoms with van der Waals surface area (Å²) in [6.45, 7) is 2.69. The predicted molar refractivity (Wildman–Crippen MR) is 85.3 cm³/mol. The molecule has 4 heteroatoms. The molecular formula is C18H19NO3. The molecule has 0 aromatic heterocycles. The summed E-state index contributed by atoms with van der Waals surface area (Å²) in [5.74, 6) is 1.46. The first-order valence-electron chi connectivity index (χ1n) is 7.48. The van der Waals surface area contributed by atoms with Gasteiger partial charge in [0.15, 0.2) is 0 Å². The Morgan fingerprint density at radius 2 is 2.00 bits per heavy atom. The summed E-state index contributed by atoms with van der Waals surface area (Å²) in [7, 11) is 0. The molecule has 0 radical (unpaired) electrons. The first kappa shape index (κ1) is 14.6. The van der Waals surface area contributed by atoms with E-state index in [4.69, 9.17) is 9.47 Å². The second-order valence-electron chi connectivity index (χ2n) is 5.43. The molecule has 4 nitrogen and oxygen atoms in total. The topological polar surface area (TPSA) is 47.6 Å². The second kappa shape index (κ2) is 6.62. The molecule has 0 saturated carbocycles. The molecule has 0 aliphatic carbocycles. The maximum atomic E-state index is 12.0. The highest BCUT2D eigenvalue weighted by molar-refractivity contribution is 5.94. The largest absolute Gasteiger partial charge is 0.457 e. The summed E-state index contributed by atoms with van der Waals surface area (Å²) >= 11 is 0. The summed E-state index contributed by atoms with van der Waals surface area (Å²) in [6.07, 6.45) is 1.42. The van der Waals surface area contributed by atoms with Crippen molar-refractivity contribution in [3.8, 4) is 11.5 Å². The Bertz CT molecular complexity index is 646. The van der Waals surface area contributed by atoms with Crippen LogP contribution in [0.3, 0.4) is 0 Å². The van der Waals surface area contributed by atoms with Crippen molar-refractivity contribution in [3.63, 3.8) is 0 Å². The van der Waals surface area contributed by atoms with Crippen LogP contribution in [0.4, 0.5) is 5.69 Å². The zero-order valence-electron chi connectivity index (χ0n) is 12.5. The lowest BCUT2D eigenvalue weighted by Gasteiger charge is -2.11. The van der Waals surface area contributed by atoms with Crippen molar-refractivity contribution in [2.45, 2.75) is 25.9 Å². The Balaban J connectivity index is 1.61. The zero-order valence-corrected chi connectivity index (χ0v) is 12.5. The first-order chi connectivity index (χ1) is 10.7. The molecule has 0 bridgehead atoms. The molecule has 1 atom stereocenters. The Labute approximate surface area is 130 Å². The van der Waals surface area contributed by atoms with E-state index in [0.717, 1.165) is 35.6 Å². The van der Waals surface area contributed by atoms with Crippen LogP contribution in [0, 0.1) is 6.92 Å². The Morgan fingerprint density at radius 3 is 2.68 bits per heavy atom. The van der Waals surface area contributed by atoms with Crippen molar-refractivity contribution >= 4 is 11.6 Å². The highest BCUT2D eigenvalue weighted by atomic mass is 16.5. The van der Waals surface area contributed by atoms with Crippen LogP contribution in [0.5, 0.6) is 11.5 Å². The van der Waals surface area contributed by atoms with E-state index < -0.39 is 0 Å². The minimum absolute atomic E-state index is 0.0788. The second-order valence-corrected chi connectivity index (χ2v) is 5.43. The van der Waals surface area contributed by atoms with E-state index in [1.165, 1.54) is 0 Å². The van der Waals surface area contributed by atoms with Crippen molar-refractivity contribution in [2.24, 2.45) is 0 Å². The van der Waals surface area contributed by atoms with E-state index in [0.29, 0.717) is 6.61 Å². The number of rotatable bonds is 4. The van der Waals surface area contributed by atoms with E-state index in [1.807, 2.05) is 55.5 Å². The molecule has 3 rings (SSSR count). The van der Waals surface area contributed by atoms with Gasteiger partial charge in [-0.2, -0.15) is 0 Å². The Kier molecular flexibility index (Phi) is 4.39. The average Bonchev–Trinajstić information content (AvgIpc) is 3.04. The number of carbonyl (C=O) groups excluding carboxylic acids is 1. The van der Waals surface area contributed by atoms with Gasteiger partial charge in [0.05, 0.1) is 0 Å². The van der Waals surface area contributed by atoms with Gasteiger partial charge < -0.3 is 14.8 Å². The molecule has 2 aromatic carbocycles. The van der Waals surface area contributed by atoms with E-state index in [1.54, 1.807) is 0 Å². The number of anilines is 1. The van der Waals surface area contributed by atoms with Crippen molar-refractivity contribution in [2.75, 3.05) is 11.9 Å². The maximum absolute atomic E-state index is 12.0. The summed E-state index contributed by atoms with van der Waals surface area (Å²) < 4.78 is 11.1. The average molecular weight is 297 g/mol. The third-order valence-electron chi connectivity index (χ3n) is 3.57. The van der Waals surface area contributed by atoms with Gasteiger partial charge >= 0.3 is 0 Å². The number of hydrogen-bond acceptors (Lipinski definition) is 3. The summed E-state index contributed by atoms with van der Waals surface area (Å²) in [5, 5.41) is 2.86. The number of benzene rings is 2. The number of nitrogens with one attached hydrogen (secondary N) is 1. The molecule has 1 aliphatic rings. The lowest BCUT2D eigenvalue weighted by molar-refractivity contribution is -0.124. The van der Waals surface area contributed by atoms with Gasteiger partial charge in [-0.1, -0.05) is 12.1 Å². The van der Waals surface area contributed by atoms with Crippen molar-refractivity contribution in [1.29, 1.82) is 0 Å². The van der Waals surface area contributed by atoms with Gasteiger partial charge in [0.1, 0.15) is 17.6 Å². The lowest BCUT2D eigenvalue weighted by atomic mass is 10.2. The monoisotopic (exact) mass is 297 g/mol. The van der Waals surface area contributed by atoms with Crippen molar-refractivity contribution in [1.82, 2.24) is 0 Å². The van der Waals surface area contributed by atoms with Crippen LogP contribution in [0.15, 0.2) is 48.5 Å². The minimum atomic E-state index is -0.316. The van der Waals surface area contributed by atoms with Gasteiger partial charge in [-0.15, -0.1) is 0 Å². The molecule has 0 spiro atoms. The number of ether oxygens (including phenoxy) is 2. The smallest absolute Gasteiger partial charge is 0.253 e. The van der Waals surface area contributed by atoms with Gasteiger partial charge in [-0.05, 0) is 61.7 Å². The predicted octanol–water partition coefficient (Wildman–Crippen LogP) is 3.90.